The number of sulfonamides is 1. The van der Waals surface area contributed by atoms with Gasteiger partial charge in [0, 0.05) is 56.6 Å². The smallest absolute Gasteiger partial charge is 0.265 e. The van der Waals surface area contributed by atoms with Gasteiger partial charge >= 0.3 is 0 Å². The highest BCUT2D eigenvalue weighted by Gasteiger charge is 2.31. The molecule has 3 aromatic rings. The van der Waals surface area contributed by atoms with Gasteiger partial charge < -0.3 is 15.2 Å². The maximum atomic E-state index is 12.9. The lowest BCUT2D eigenvalue weighted by Gasteiger charge is -2.33. The van der Waals surface area contributed by atoms with E-state index in [-0.39, 0.29) is 42.7 Å². The average Bonchev–Trinajstić information content (AvgIpc) is 3.38. The quantitative estimate of drug-likeness (QED) is 0.550. The number of carbonyl (C=O) groups is 2. The molecule has 0 spiro atoms. The first kappa shape index (κ1) is 22.2. The SMILES string of the molecule is Cc1cn2c(/C=C/C(=O)N3CCN(S(=O)(=O)c4cc(C(N)=O)n(C)c4)CC3)c(C)nc2s1. The molecule has 0 atom stereocenters. The third-order valence-electron chi connectivity index (χ3n) is 5.47. The molecule has 0 saturated carbocycles. The van der Waals surface area contributed by atoms with Gasteiger partial charge in [0.15, 0.2) is 4.96 Å². The van der Waals surface area contributed by atoms with Crippen LogP contribution in [0.15, 0.2) is 29.4 Å². The minimum absolute atomic E-state index is 0.0137. The minimum Gasteiger partial charge on any atom is -0.364 e. The van der Waals surface area contributed by atoms with Crippen LogP contribution < -0.4 is 5.73 Å². The van der Waals surface area contributed by atoms with Crippen molar-refractivity contribution in [2.45, 2.75) is 18.7 Å². The van der Waals surface area contributed by atoms with Crippen LogP contribution in [0.3, 0.4) is 0 Å². The van der Waals surface area contributed by atoms with Crippen LogP contribution in [0.2, 0.25) is 0 Å². The molecule has 12 heteroatoms. The highest BCUT2D eigenvalue weighted by Crippen LogP contribution is 2.22. The number of carbonyl (C=O) groups excluding carboxylic acids is 2. The molecule has 2 N–H and O–H groups in total. The van der Waals surface area contributed by atoms with Crippen molar-refractivity contribution in [3.8, 4) is 0 Å². The molecule has 1 aliphatic heterocycles. The van der Waals surface area contributed by atoms with Crippen LogP contribution in [0.25, 0.3) is 11.0 Å². The zero-order chi connectivity index (χ0) is 23.2. The van der Waals surface area contributed by atoms with E-state index in [1.807, 2.05) is 24.4 Å². The van der Waals surface area contributed by atoms with E-state index in [1.54, 1.807) is 29.4 Å². The van der Waals surface area contributed by atoms with Crippen molar-refractivity contribution in [2.24, 2.45) is 12.8 Å². The number of thiazole rings is 1. The number of amides is 2. The summed E-state index contributed by atoms with van der Waals surface area (Å²) in [5, 5.41) is 0. The molecular formula is C20H24N6O4S2. The summed E-state index contributed by atoms with van der Waals surface area (Å²) in [6.07, 6.45) is 6.61. The Balaban J connectivity index is 1.43. The molecule has 0 radical (unpaired) electrons. The standard InChI is InChI=1S/C20H24N6O4S2/c1-13-11-26-16(14(2)22-20(26)31-13)4-5-18(27)24-6-8-25(9-7-24)32(29,30)15-10-17(19(21)28)23(3)12-15/h4-5,10-12H,6-9H2,1-3H3,(H2,21,28)/b5-4+. The Morgan fingerprint density at radius 1 is 1.16 bits per heavy atom. The Labute approximate surface area is 189 Å². The van der Waals surface area contributed by atoms with Crippen molar-refractivity contribution in [3.05, 3.63) is 46.5 Å². The van der Waals surface area contributed by atoms with Crippen LogP contribution in [0.5, 0.6) is 0 Å². The molecule has 1 saturated heterocycles. The Kier molecular flexibility index (Phi) is 5.69. The fraction of sp³-hybridized carbons (Fsp3) is 0.350. The topological polar surface area (TPSA) is 123 Å². The number of fused-ring (bicyclic) bond motifs is 1. The Morgan fingerprint density at radius 2 is 1.84 bits per heavy atom. The van der Waals surface area contributed by atoms with Crippen molar-refractivity contribution in [3.63, 3.8) is 0 Å². The molecule has 170 valence electrons. The number of piperazine rings is 1. The lowest BCUT2D eigenvalue weighted by molar-refractivity contribution is -0.127. The van der Waals surface area contributed by atoms with Crippen LogP contribution in [-0.2, 0) is 21.9 Å². The molecular weight excluding hydrogens is 452 g/mol. The van der Waals surface area contributed by atoms with E-state index >= 15 is 0 Å². The van der Waals surface area contributed by atoms with Crippen LogP contribution in [0, 0.1) is 13.8 Å². The predicted octanol–water partition coefficient (Wildman–Crippen LogP) is 0.996. The molecule has 0 aliphatic carbocycles. The summed E-state index contributed by atoms with van der Waals surface area (Å²) in [5.74, 6) is -0.876. The number of primary amides is 1. The van der Waals surface area contributed by atoms with E-state index < -0.39 is 15.9 Å². The second kappa shape index (κ2) is 8.19. The van der Waals surface area contributed by atoms with Gasteiger partial charge in [-0.05, 0) is 26.0 Å². The maximum Gasteiger partial charge on any atom is 0.265 e. The Bertz CT molecular complexity index is 1340. The van der Waals surface area contributed by atoms with Gasteiger partial charge in [0.25, 0.3) is 5.91 Å². The van der Waals surface area contributed by atoms with Gasteiger partial charge in [-0.25, -0.2) is 13.4 Å². The number of imidazole rings is 1. The summed E-state index contributed by atoms with van der Waals surface area (Å²) in [4.78, 5) is 32.3. The molecule has 10 nitrogen and oxygen atoms in total. The van der Waals surface area contributed by atoms with Crippen molar-refractivity contribution >= 4 is 44.2 Å². The zero-order valence-electron chi connectivity index (χ0n) is 18.0. The maximum absolute atomic E-state index is 12.9. The summed E-state index contributed by atoms with van der Waals surface area (Å²) in [6.45, 7) is 4.79. The summed E-state index contributed by atoms with van der Waals surface area (Å²) in [6, 6.07) is 1.28. The molecule has 2 amide bonds. The van der Waals surface area contributed by atoms with E-state index in [0.717, 1.165) is 21.2 Å². The molecule has 4 heterocycles. The zero-order valence-corrected chi connectivity index (χ0v) is 19.6. The van der Waals surface area contributed by atoms with Gasteiger partial charge in [-0.1, -0.05) is 0 Å². The van der Waals surface area contributed by atoms with Crippen LogP contribution in [-0.4, -0.2) is 69.6 Å². The molecule has 0 aromatic carbocycles. The van der Waals surface area contributed by atoms with Gasteiger partial charge in [0.05, 0.1) is 11.4 Å². The Morgan fingerprint density at radius 3 is 2.47 bits per heavy atom. The summed E-state index contributed by atoms with van der Waals surface area (Å²) in [7, 11) is -2.22. The van der Waals surface area contributed by atoms with Gasteiger partial charge in [0.2, 0.25) is 15.9 Å². The Hall–Kier alpha value is -2.96. The van der Waals surface area contributed by atoms with Crippen LogP contribution in [0.1, 0.15) is 26.8 Å². The van der Waals surface area contributed by atoms with Crippen molar-refractivity contribution in [2.75, 3.05) is 26.2 Å². The van der Waals surface area contributed by atoms with Gasteiger partial charge in [-0.3, -0.25) is 14.0 Å². The molecule has 0 unspecified atom stereocenters. The normalized spacial score (nSPS) is 15.8. The number of aromatic nitrogens is 3. The third kappa shape index (κ3) is 3.96. The first-order valence-electron chi connectivity index (χ1n) is 9.96. The van der Waals surface area contributed by atoms with Crippen LogP contribution in [0.4, 0.5) is 0 Å². The number of aryl methyl sites for hydroxylation is 3. The van der Waals surface area contributed by atoms with Gasteiger partial charge in [0.1, 0.15) is 10.6 Å². The molecule has 32 heavy (non-hydrogen) atoms. The van der Waals surface area contributed by atoms with Crippen molar-refractivity contribution in [1.82, 2.24) is 23.2 Å². The van der Waals surface area contributed by atoms with E-state index in [2.05, 4.69) is 4.98 Å². The second-order valence-corrected chi connectivity index (χ2v) is 10.8. The fourth-order valence-electron chi connectivity index (χ4n) is 3.76. The molecule has 3 aromatic heterocycles. The van der Waals surface area contributed by atoms with E-state index in [0.29, 0.717) is 0 Å². The van der Waals surface area contributed by atoms with E-state index in [9.17, 15) is 18.0 Å². The second-order valence-electron chi connectivity index (χ2n) is 7.68. The first-order chi connectivity index (χ1) is 15.1. The average molecular weight is 477 g/mol. The largest absolute Gasteiger partial charge is 0.364 e. The van der Waals surface area contributed by atoms with Crippen molar-refractivity contribution in [1.29, 1.82) is 0 Å². The number of nitrogens with zero attached hydrogens (tertiary/aromatic N) is 5. The van der Waals surface area contributed by atoms with E-state index in [4.69, 9.17) is 5.73 Å². The number of hydrogen-bond acceptors (Lipinski definition) is 6. The highest BCUT2D eigenvalue weighted by molar-refractivity contribution is 7.89. The summed E-state index contributed by atoms with van der Waals surface area (Å²) in [5.41, 5.74) is 7.10. The molecule has 4 rings (SSSR count). The molecule has 1 aliphatic rings. The van der Waals surface area contributed by atoms with Crippen molar-refractivity contribution < 1.29 is 18.0 Å². The lowest BCUT2D eigenvalue weighted by Crippen LogP contribution is -2.50. The van der Waals surface area contributed by atoms with Crippen LogP contribution >= 0.6 is 11.3 Å². The minimum atomic E-state index is -3.78. The molecule has 1 fully saturated rings. The monoisotopic (exact) mass is 476 g/mol. The van der Waals surface area contributed by atoms with Gasteiger partial charge in [-0.2, -0.15) is 4.31 Å². The third-order valence-corrected chi connectivity index (χ3v) is 8.23. The number of hydrogen-bond donors (Lipinski definition) is 1. The van der Waals surface area contributed by atoms with E-state index in [1.165, 1.54) is 27.2 Å². The number of nitrogens with two attached hydrogens (primary N) is 1. The lowest BCUT2D eigenvalue weighted by atomic mass is 10.3. The molecule has 0 bridgehead atoms. The first-order valence-corrected chi connectivity index (χ1v) is 12.2. The predicted molar refractivity (Wildman–Crippen MR) is 121 cm³/mol. The summed E-state index contributed by atoms with van der Waals surface area (Å²) >= 11 is 1.59. The highest BCUT2D eigenvalue weighted by atomic mass is 32.2. The fourth-order valence-corrected chi connectivity index (χ4v) is 6.13. The summed E-state index contributed by atoms with van der Waals surface area (Å²) < 4.78 is 30.5. The number of rotatable bonds is 5. The van der Waals surface area contributed by atoms with Gasteiger partial charge in [-0.15, -0.1) is 11.3 Å².